The van der Waals surface area contributed by atoms with Gasteiger partial charge in [0.15, 0.2) is 5.82 Å². The zero-order valence-corrected chi connectivity index (χ0v) is 23.2. The average molecular weight is 570 g/mol. The Morgan fingerprint density at radius 2 is 1.95 bits per heavy atom. The summed E-state index contributed by atoms with van der Waals surface area (Å²) in [4.78, 5) is 31.1. The maximum atomic E-state index is 14.2. The minimum absolute atomic E-state index is 0.0411. The lowest BCUT2D eigenvalue weighted by molar-refractivity contribution is 0.0686. The van der Waals surface area contributed by atoms with Gasteiger partial charge in [-0.15, -0.1) is 0 Å². The number of hydrogen-bond donors (Lipinski definition) is 1. The van der Waals surface area contributed by atoms with Crippen molar-refractivity contribution in [2.45, 2.75) is 53.8 Å². The molecule has 1 aliphatic rings. The highest BCUT2D eigenvalue weighted by molar-refractivity contribution is 9.10. The molecule has 0 bridgehead atoms. The number of nitrogens with zero attached hydrogens (tertiary/aromatic N) is 5. The number of hydrogen-bond acceptors (Lipinski definition) is 7. The van der Waals surface area contributed by atoms with Gasteiger partial charge in [0.05, 0.1) is 11.4 Å². The highest BCUT2D eigenvalue weighted by atomic mass is 79.9. The molecule has 194 valence electrons. The molecule has 4 heterocycles. The van der Waals surface area contributed by atoms with Crippen molar-refractivity contribution in [1.29, 1.82) is 0 Å². The Hall–Kier alpha value is -3.24. The first-order chi connectivity index (χ1) is 17.4. The van der Waals surface area contributed by atoms with Crippen LogP contribution in [0.1, 0.15) is 54.8 Å². The van der Waals surface area contributed by atoms with Crippen molar-refractivity contribution >= 4 is 27.3 Å². The molecule has 0 aromatic carbocycles. The highest BCUT2D eigenvalue weighted by Crippen LogP contribution is 2.29. The largest absolute Gasteiger partial charge is 0.486 e. The van der Waals surface area contributed by atoms with E-state index < -0.39 is 11.4 Å². The van der Waals surface area contributed by atoms with E-state index in [0.29, 0.717) is 40.8 Å². The standard InChI is InChI=1S/C27H29BrFN5O3/c1-14-7-18(29)20(30-10-14)13-37-22-8-17(4)34(25(35)23(22)28)21-9-19(31-11-15(21)2)24-16(3)12-32-26(33-24)27(5,6)36/h7-10,12,15,36H,11,13H2,1-6H3/t15-/m1/s1. The molecular formula is C27H29BrFN5O3. The molecule has 0 spiro atoms. The molecule has 10 heteroatoms. The smallest absolute Gasteiger partial charge is 0.273 e. The van der Waals surface area contributed by atoms with Crippen molar-refractivity contribution in [3.05, 3.63) is 85.3 Å². The first-order valence-electron chi connectivity index (χ1n) is 11.9. The quantitative estimate of drug-likeness (QED) is 0.463. The predicted molar refractivity (Wildman–Crippen MR) is 143 cm³/mol. The molecule has 8 nitrogen and oxygen atoms in total. The Labute approximate surface area is 223 Å². The van der Waals surface area contributed by atoms with Crippen molar-refractivity contribution in [3.8, 4) is 5.75 Å². The van der Waals surface area contributed by atoms with Gasteiger partial charge in [0.1, 0.15) is 33.9 Å². The third kappa shape index (κ3) is 5.55. The Kier molecular flexibility index (Phi) is 7.43. The zero-order chi connectivity index (χ0) is 27.1. The summed E-state index contributed by atoms with van der Waals surface area (Å²) in [6, 6.07) is 3.13. The van der Waals surface area contributed by atoms with Crippen molar-refractivity contribution in [1.82, 2.24) is 19.5 Å². The lowest BCUT2D eigenvalue weighted by Crippen LogP contribution is -2.29. The Morgan fingerprint density at radius 1 is 1.22 bits per heavy atom. The van der Waals surface area contributed by atoms with Crippen LogP contribution in [0, 0.1) is 32.5 Å². The third-order valence-corrected chi connectivity index (χ3v) is 6.79. The fourth-order valence-electron chi connectivity index (χ4n) is 4.00. The maximum absolute atomic E-state index is 14.2. The van der Waals surface area contributed by atoms with E-state index in [2.05, 4.69) is 30.9 Å². The zero-order valence-electron chi connectivity index (χ0n) is 21.6. The summed E-state index contributed by atoms with van der Waals surface area (Å²) >= 11 is 3.38. The van der Waals surface area contributed by atoms with E-state index in [1.807, 2.05) is 26.8 Å². The molecule has 3 aromatic rings. The summed E-state index contributed by atoms with van der Waals surface area (Å²) in [7, 11) is 0. The molecule has 0 fully saturated rings. The summed E-state index contributed by atoms with van der Waals surface area (Å²) in [5.41, 5.74) is 2.80. The number of dihydropyridines is 1. The summed E-state index contributed by atoms with van der Waals surface area (Å²) in [5.74, 6) is 0.101. The molecule has 0 saturated carbocycles. The number of aliphatic hydroxyl groups is 1. The lowest BCUT2D eigenvalue weighted by Gasteiger charge is -2.25. The van der Waals surface area contributed by atoms with Crippen LogP contribution in [0.15, 0.2) is 44.9 Å². The minimum Gasteiger partial charge on any atom is -0.486 e. The van der Waals surface area contributed by atoms with E-state index in [1.165, 1.54) is 6.07 Å². The molecule has 37 heavy (non-hydrogen) atoms. The fourth-order valence-corrected chi connectivity index (χ4v) is 4.41. The Bertz CT molecular complexity index is 1490. The van der Waals surface area contributed by atoms with Crippen LogP contribution >= 0.6 is 15.9 Å². The molecule has 0 unspecified atom stereocenters. The fraction of sp³-hybridized carbons (Fsp3) is 0.370. The van der Waals surface area contributed by atoms with Gasteiger partial charge in [0.2, 0.25) is 0 Å². The van der Waals surface area contributed by atoms with Gasteiger partial charge in [-0.05, 0) is 73.8 Å². The first-order valence-corrected chi connectivity index (χ1v) is 12.7. The number of halogens is 2. The molecule has 4 rings (SSSR count). The van der Waals surface area contributed by atoms with Crippen LogP contribution in [0.4, 0.5) is 4.39 Å². The maximum Gasteiger partial charge on any atom is 0.273 e. The van der Waals surface area contributed by atoms with Crippen LogP contribution in [0.2, 0.25) is 0 Å². The number of rotatable bonds is 6. The van der Waals surface area contributed by atoms with Gasteiger partial charge in [-0.1, -0.05) is 6.92 Å². The Balaban J connectivity index is 1.70. The minimum atomic E-state index is -1.21. The summed E-state index contributed by atoms with van der Waals surface area (Å²) in [6.07, 6.45) is 5.08. The Morgan fingerprint density at radius 3 is 2.62 bits per heavy atom. The normalized spacial score (nSPS) is 15.9. The van der Waals surface area contributed by atoms with Crippen LogP contribution in [0.25, 0.3) is 5.70 Å². The van der Waals surface area contributed by atoms with Gasteiger partial charge < -0.3 is 9.84 Å². The van der Waals surface area contributed by atoms with Gasteiger partial charge in [-0.25, -0.2) is 14.4 Å². The predicted octanol–water partition coefficient (Wildman–Crippen LogP) is 4.65. The topological polar surface area (TPSA) is 102 Å². The molecule has 0 radical (unpaired) electrons. The van der Waals surface area contributed by atoms with E-state index in [4.69, 9.17) is 9.73 Å². The summed E-state index contributed by atoms with van der Waals surface area (Å²) in [6.45, 7) is 11.0. The van der Waals surface area contributed by atoms with Gasteiger partial charge in [0.25, 0.3) is 5.56 Å². The van der Waals surface area contributed by atoms with E-state index in [-0.39, 0.29) is 28.3 Å². The van der Waals surface area contributed by atoms with E-state index in [1.54, 1.807) is 43.8 Å². The summed E-state index contributed by atoms with van der Waals surface area (Å²) in [5, 5.41) is 10.4. The van der Waals surface area contributed by atoms with E-state index in [0.717, 1.165) is 11.3 Å². The molecule has 1 atom stereocenters. The van der Waals surface area contributed by atoms with Gasteiger partial charge in [-0.2, -0.15) is 0 Å². The highest BCUT2D eigenvalue weighted by Gasteiger charge is 2.26. The number of allylic oxidation sites excluding steroid dienone is 1. The van der Waals surface area contributed by atoms with Crippen molar-refractivity contribution in [3.63, 3.8) is 0 Å². The molecule has 0 aliphatic carbocycles. The SMILES string of the molecule is Cc1cnc(COc2cc(C)n(C3=CC(c4nc(C(C)(C)O)ncc4C)=NC[C@H]3C)c(=O)c2Br)c(F)c1. The second-order valence-corrected chi connectivity index (χ2v) is 10.6. The van der Waals surface area contributed by atoms with Crippen molar-refractivity contribution in [2.75, 3.05) is 6.54 Å². The number of aliphatic imine (C=N–C) groups is 1. The third-order valence-electron chi connectivity index (χ3n) is 6.06. The molecule has 0 amide bonds. The monoisotopic (exact) mass is 569 g/mol. The second kappa shape index (κ2) is 10.3. The number of ether oxygens (including phenoxy) is 1. The van der Waals surface area contributed by atoms with Crippen LogP contribution in [0.5, 0.6) is 5.75 Å². The number of aromatic nitrogens is 4. The number of pyridine rings is 2. The molecule has 1 aliphatic heterocycles. The average Bonchev–Trinajstić information content (AvgIpc) is 2.82. The second-order valence-electron chi connectivity index (χ2n) is 9.81. The molecule has 3 aromatic heterocycles. The number of aryl methyl sites for hydroxylation is 3. The van der Waals surface area contributed by atoms with Crippen LogP contribution in [-0.4, -0.2) is 36.9 Å². The lowest BCUT2D eigenvalue weighted by atomic mass is 9.99. The van der Waals surface area contributed by atoms with E-state index in [9.17, 15) is 14.3 Å². The molecular weight excluding hydrogens is 541 g/mol. The van der Waals surface area contributed by atoms with Crippen LogP contribution in [0.3, 0.4) is 0 Å². The summed E-state index contributed by atoms with van der Waals surface area (Å²) < 4.78 is 21.8. The molecule has 1 N–H and O–H groups in total. The van der Waals surface area contributed by atoms with Gasteiger partial charge in [0, 0.05) is 42.3 Å². The van der Waals surface area contributed by atoms with Crippen molar-refractivity contribution in [2.24, 2.45) is 10.9 Å². The van der Waals surface area contributed by atoms with Crippen molar-refractivity contribution < 1.29 is 14.2 Å². The van der Waals surface area contributed by atoms with Gasteiger partial charge in [-0.3, -0.25) is 19.3 Å². The first kappa shape index (κ1) is 26.8. The van der Waals surface area contributed by atoms with Crippen LogP contribution in [-0.2, 0) is 12.2 Å². The van der Waals surface area contributed by atoms with Crippen LogP contribution < -0.4 is 10.3 Å². The van der Waals surface area contributed by atoms with Gasteiger partial charge >= 0.3 is 0 Å². The van der Waals surface area contributed by atoms with E-state index >= 15 is 0 Å². The molecule has 0 saturated heterocycles.